The molecule has 1 unspecified atom stereocenters. The second kappa shape index (κ2) is 6.93. The summed E-state index contributed by atoms with van der Waals surface area (Å²) in [5.41, 5.74) is 4.95. The summed E-state index contributed by atoms with van der Waals surface area (Å²) in [7, 11) is 0. The summed E-state index contributed by atoms with van der Waals surface area (Å²) in [6.45, 7) is 3.27. The van der Waals surface area contributed by atoms with Crippen molar-refractivity contribution >= 4 is 17.9 Å². The highest BCUT2D eigenvalue weighted by Crippen LogP contribution is 2.06. The first-order valence-electron chi connectivity index (χ1n) is 6.08. The zero-order valence-corrected chi connectivity index (χ0v) is 10.8. The summed E-state index contributed by atoms with van der Waals surface area (Å²) in [4.78, 5) is 35.1. The van der Waals surface area contributed by atoms with Crippen LogP contribution in [0.2, 0.25) is 0 Å². The first-order valence-corrected chi connectivity index (χ1v) is 6.08. The first-order chi connectivity index (χ1) is 8.90. The number of carbonyl (C=O) groups excluding carboxylic acids is 2. The maximum Gasteiger partial charge on any atom is 0.326 e. The Kier molecular flexibility index (Phi) is 5.56. The minimum absolute atomic E-state index is 0.104. The third-order valence-electron chi connectivity index (χ3n) is 2.74. The van der Waals surface area contributed by atoms with Gasteiger partial charge in [-0.1, -0.05) is 0 Å². The molecule has 108 valence electrons. The third-order valence-corrected chi connectivity index (χ3v) is 2.74. The highest BCUT2D eigenvalue weighted by Gasteiger charge is 2.26. The molecule has 0 aliphatic carbocycles. The lowest BCUT2D eigenvalue weighted by Crippen LogP contribution is -2.50. The number of nitrogens with one attached hydrogen (secondary N) is 1. The van der Waals surface area contributed by atoms with Gasteiger partial charge in [-0.15, -0.1) is 0 Å². The molecule has 3 amide bonds. The van der Waals surface area contributed by atoms with Crippen molar-refractivity contribution in [1.82, 2.24) is 10.2 Å². The van der Waals surface area contributed by atoms with Crippen LogP contribution in [0.5, 0.6) is 0 Å². The van der Waals surface area contributed by atoms with Gasteiger partial charge >= 0.3 is 12.0 Å². The van der Waals surface area contributed by atoms with Gasteiger partial charge in [0.25, 0.3) is 0 Å². The standard InChI is InChI=1S/C11H19N3O5/c1-7-6-14(3-2-4-19-7)11(18)13-8(10(16)17)5-9(12)15/h7-8H,2-6H2,1H3,(H2,12,15)(H,13,18)(H,16,17)/t7?,8-/m1/s1. The van der Waals surface area contributed by atoms with E-state index in [4.69, 9.17) is 15.6 Å². The molecular formula is C11H19N3O5. The Hall–Kier alpha value is -1.83. The summed E-state index contributed by atoms with van der Waals surface area (Å²) in [6.07, 6.45) is 0.152. The molecule has 1 fully saturated rings. The van der Waals surface area contributed by atoms with Gasteiger partial charge in [0.05, 0.1) is 12.5 Å². The maximum absolute atomic E-state index is 11.9. The van der Waals surface area contributed by atoms with Gasteiger partial charge in [0.15, 0.2) is 0 Å². The summed E-state index contributed by atoms with van der Waals surface area (Å²) >= 11 is 0. The van der Waals surface area contributed by atoms with Crippen LogP contribution in [0.3, 0.4) is 0 Å². The third kappa shape index (κ3) is 5.12. The fourth-order valence-electron chi connectivity index (χ4n) is 1.82. The Morgan fingerprint density at radius 2 is 2.21 bits per heavy atom. The number of nitrogens with zero attached hydrogens (tertiary/aromatic N) is 1. The molecule has 0 spiro atoms. The molecule has 1 aliphatic heterocycles. The van der Waals surface area contributed by atoms with E-state index in [9.17, 15) is 14.4 Å². The van der Waals surface area contributed by atoms with Gasteiger partial charge < -0.3 is 25.8 Å². The molecule has 1 saturated heterocycles. The molecule has 1 rings (SSSR count). The SMILES string of the molecule is CC1CN(C(=O)N[C@H](CC(N)=O)C(=O)O)CCCO1. The van der Waals surface area contributed by atoms with Crippen LogP contribution in [0, 0.1) is 0 Å². The van der Waals surface area contributed by atoms with Gasteiger partial charge in [-0.25, -0.2) is 9.59 Å². The Morgan fingerprint density at radius 3 is 2.79 bits per heavy atom. The van der Waals surface area contributed by atoms with E-state index in [-0.39, 0.29) is 6.10 Å². The molecule has 0 saturated carbocycles. The molecule has 0 aromatic heterocycles. The summed E-state index contributed by atoms with van der Waals surface area (Å²) in [6, 6.07) is -1.82. The lowest BCUT2D eigenvalue weighted by Gasteiger charge is -2.24. The van der Waals surface area contributed by atoms with Crippen LogP contribution in [0.25, 0.3) is 0 Å². The molecule has 8 heteroatoms. The Labute approximate surface area is 110 Å². The van der Waals surface area contributed by atoms with E-state index < -0.39 is 30.4 Å². The molecule has 0 bridgehead atoms. The highest BCUT2D eigenvalue weighted by molar-refractivity contribution is 5.87. The summed E-state index contributed by atoms with van der Waals surface area (Å²) in [5.74, 6) is -2.06. The van der Waals surface area contributed by atoms with Gasteiger partial charge in [0.2, 0.25) is 5.91 Å². The molecule has 19 heavy (non-hydrogen) atoms. The van der Waals surface area contributed by atoms with E-state index >= 15 is 0 Å². The zero-order valence-electron chi connectivity index (χ0n) is 10.8. The fourth-order valence-corrected chi connectivity index (χ4v) is 1.82. The van der Waals surface area contributed by atoms with E-state index in [1.807, 2.05) is 6.92 Å². The number of carbonyl (C=O) groups is 3. The molecule has 1 heterocycles. The zero-order chi connectivity index (χ0) is 14.4. The smallest absolute Gasteiger partial charge is 0.326 e. The lowest BCUT2D eigenvalue weighted by molar-refractivity contribution is -0.140. The maximum atomic E-state index is 11.9. The Balaban J connectivity index is 2.59. The van der Waals surface area contributed by atoms with Gasteiger partial charge in [-0.05, 0) is 13.3 Å². The van der Waals surface area contributed by atoms with Gasteiger partial charge in [-0.2, -0.15) is 0 Å². The number of ether oxygens (including phenoxy) is 1. The predicted molar refractivity (Wildman–Crippen MR) is 65.4 cm³/mol. The Bertz CT molecular complexity index is 360. The number of primary amides is 1. The number of amides is 3. The van der Waals surface area contributed by atoms with Crippen molar-refractivity contribution in [2.75, 3.05) is 19.7 Å². The van der Waals surface area contributed by atoms with Crippen LogP contribution >= 0.6 is 0 Å². The van der Waals surface area contributed by atoms with E-state index in [0.29, 0.717) is 26.1 Å². The number of carboxylic acids is 1. The van der Waals surface area contributed by atoms with Gasteiger partial charge in [-0.3, -0.25) is 4.79 Å². The van der Waals surface area contributed by atoms with Crippen molar-refractivity contribution < 1.29 is 24.2 Å². The number of nitrogens with two attached hydrogens (primary N) is 1. The molecular weight excluding hydrogens is 254 g/mol. The van der Waals surface area contributed by atoms with E-state index in [0.717, 1.165) is 0 Å². The topological polar surface area (TPSA) is 122 Å². The Morgan fingerprint density at radius 1 is 1.53 bits per heavy atom. The van der Waals surface area contributed by atoms with Crippen molar-refractivity contribution in [3.8, 4) is 0 Å². The normalized spacial score (nSPS) is 21.3. The number of rotatable bonds is 4. The largest absolute Gasteiger partial charge is 0.480 e. The molecule has 0 aromatic carbocycles. The number of aliphatic carboxylic acids is 1. The number of hydrogen-bond donors (Lipinski definition) is 3. The van der Waals surface area contributed by atoms with E-state index in [1.54, 1.807) is 0 Å². The summed E-state index contributed by atoms with van der Waals surface area (Å²) < 4.78 is 5.39. The molecule has 2 atom stereocenters. The number of hydrogen-bond acceptors (Lipinski definition) is 4. The first kappa shape index (κ1) is 15.2. The second-order valence-corrected chi connectivity index (χ2v) is 4.49. The highest BCUT2D eigenvalue weighted by atomic mass is 16.5. The molecule has 8 nitrogen and oxygen atoms in total. The van der Waals surface area contributed by atoms with Crippen LogP contribution in [-0.2, 0) is 14.3 Å². The lowest BCUT2D eigenvalue weighted by atomic mass is 10.2. The van der Waals surface area contributed by atoms with Crippen LogP contribution in [0.4, 0.5) is 4.79 Å². The number of carboxylic acid groups (broad SMARTS) is 1. The molecule has 0 aromatic rings. The van der Waals surface area contributed by atoms with Crippen molar-refractivity contribution in [3.05, 3.63) is 0 Å². The van der Waals surface area contributed by atoms with Crippen molar-refractivity contribution in [1.29, 1.82) is 0 Å². The minimum atomic E-state index is -1.30. The quantitative estimate of drug-likeness (QED) is 0.615. The molecule has 0 radical (unpaired) electrons. The van der Waals surface area contributed by atoms with E-state index in [2.05, 4.69) is 5.32 Å². The van der Waals surface area contributed by atoms with Crippen molar-refractivity contribution in [2.24, 2.45) is 5.73 Å². The van der Waals surface area contributed by atoms with E-state index in [1.165, 1.54) is 4.90 Å². The van der Waals surface area contributed by atoms with Crippen LogP contribution in [0.15, 0.2) is 0 Å². The molecule has 4 N–H and O–H groups in total. The van der Waals surface area contributed by atoms with Crippen LogP contribution in [0.1, 0.15) is 19.8 Å². The number of urea groups is 1. The van der Waals surface area contributed by atoms with Crippen molar-refractivity contribution in [2.45, 2.75) is 31.9 Å². The van der Waals surface area contributed by atoms with Crippen molar-refractivity contribution in [3.63, 3.8) is 0 Å². The fraction of sp³-hybridized carbons (Fsp3) is 0.727. The van der Waals surface area contributed by atoms with Gasteiger partial charge in [0, 0.05) is 19.7 Å². The monoisotopic (exact) mass is 273 g/mol. The van der Waals surface area contributed by atoms with Crippen LogP contribution < -0.4 is 11.1 Å². The molecule has 1 aliphatic rings. The van der Waals surface area contributed by atoms with Crippen LogP contribution in [-0.4, -0.2) is 59.8 Å². The average Bonchev–Trinajstić information content (AvgIpc) is 2.52. The second-order valence-electron chi connectivity index (χ2n) is 4.49. The van der Waals surface area contributed by atoms with Gasteiger partial charge in [0.1, 0.15) is 6.04 Å². The summed E-state index contributed by atoms with van der Waals surface area (Å²) in [5, 5.41) is 11.2. The minimum Gasteiger partial charge on any atom is -0.480 e. The predicted octanol–water partition coefficient (Wildman–Crippen LogP) is -0.865. The average molecular weight is 273 g/mol.